The van der Waals surface area contributed by atoms with Crippen LogP contribution in [0.4, 0.5) is 5.00 Å². The molecule has 3 N–H and O–H groups in total. The van der Waals surface area contributed by atoms with Crippen LogP contribution in [0.3, 0.4) is 0 Å². The molecule has 2 unspecified atom stereocenters. The van der Waals surface area contributed by atoms with Gasteiger partial charge >= 0.3 is 5.97 Å². The SMILES string of the molecule is C[NH+]1CCc2c(sc3c2C(=O)NC(c2ccc(OC(=O)c4ccc(Cl)cc4)cc2)N3)C1. The molecule has 3 heterocycles. The molecule has 2 aliphatic rings. The number of thiophene rings is 1. The van der Waals surface area contributed by atoms with Gasteiger partial charge in [-0.1, -0.05) is 23.7 Å². The van der Waals surface area contributed by atoms with Crippen LogP contribution in [0.1, 0.15) is 42.9 Å². The summed E-state index contributed by atoms with van der Waals surface area (Å²) in [5, 5.41) is 8.02. The lowest BCUT2D eigenvalue weighted by Crippen LogP contribution is -3.08. The first-order valence-corrected chi connectivity index (χ1v) is 11.3. The summed E-state index contributed by atoms with van der Waals surface area (Å²) < 4.78 is 5.44. The van der Waals surface area contributed by atoms with Crippen molar-refractivity contribution >= 4 is 39.8 Å². The van der Waals surface area contributed by atoms with E-state index in [1.807, 2.05) is 12.1 Å². The highest BCUT2D eigenvalue weighted by Gasteiger charge is 2.33. The van der Waals surface area contributed by atoms with Crippen molar-refractivity contribution in [2.24, 2.45) is 0 Å². The fraction of sp³-hybridized carbons (Fsp3) is 0.217. The molecular weight excluding hydrogens is 434 g/mol. The van der Waals surface area contributed by atoms with Gasteiger partial charge < -0.3 is 20.3 Å². The van der Waals surface area contributed by atoms with Crippen LogP contribution < -0.4 is 20.3 Å². The monoisotopic (exact) mass is 454 g/mol. The van der Waals surface area contributed by atoms with E-state index >= 15 is 0 Å². The molecule has 31 heavy (non-hydrogen) atoms. The van der Waals surface area contributed by atoms with E-state index in [1.54, 1.807) is 47.7 Å². The van der Waals surface area contributed by atoms with E-state index in [1.165, 1.54) is 15.3 Å². The lowest BCUT2D eigenvalue weighted by atomic mass is 10.0. The molecule has 1 aromatic heterocycles. The highest BCUT2D eigenvalue weighted by Crippen LogP contribution is 2.39. The number of likely N-dealkylation sites (N-methyl/N-ethyl adjacent to an activating group) is 1. The third-order valence-electron chi connectivity index (χ3n) is 5.64. The van der Waals surface area contributed by atoms with Crippen molar-refractivity contribution in [3.63, 3.8) is 0 Å². The summed E-state index contributed by atoms with van der Waals surface area (Å²) in [6.45, 7) is 2.00. The van der Waals surface area contributed by atoms with Crippen LogP contribution in [0.2, 0.25) is 5.02 Å². The first kappa shape index (κ1) is 20.1. The molecular formula is C23H21ClN3O3S+. The summed E-state index contributed by atoms with van der Waals surface area (Å²) in [5.41, 5.74) is 3.31. The van der Waals surface area contributed by atoms with Gasteiger partial charge in [0.1, 0.15) is 23.5 Å². The third-order valence-corrected chi connectivity index (χ3v) is 7.05. The van der Waals surface area contributed by atoms with Gasteiger partial charge in [0.2, 0.25) is 0 Å². The Bertz CT molecular complexity index is 1160. The Kier molecular flexibility index (Phi) is 5.17. The van der Waals surface area contributed by atoms with Crippen molar-refractivity contribution in [3.05, 3.63) is 80.7 Å². The topological polar surface area (TPSA) is 71.9 Å². The zero-order valence-corrected chi connectivity index (χ0v) is 18.4. The number of fused-ring (bicyclic) bond motifs is 3. The summed E-state index contributed by atoms with van der Waals surface area (Å²) in [4.78, 5) is 27.9. The summed E-state index contributed by atoms with van der Waals surface area (Å²) >= 11 is 7.54. The zero-order chi connectivity index (χ0) is 21.5. The number of ether oxygens (including phenoxy) is 1. The van der Waals surface area contributed by atoms with Crippen molar-refractivity contribution in [1.82, 2.24) is 5.32 Å². The van der Waals surface area contributed by atoms with Crippen LogP contribution in [0, 0.1) is 0 Å². The van der Waals surface area contributed by atoms with Gasteiger partial charge in [-0.25, -0.2) is 4.79 Å². The Morgan fingerprint density at radius 2 is 1.87 bits per heavy atom. The maximum atomic E-state index is 12.8. The van der Waals surface area contributed by atoms with E-state index in [2.05, 4.69) is 17.7 Å². The smallest absolute Gasteiger partial charge is 0.343 e. The lowest BCUT2D eigenvalue weighted by Gasteiger charge is -2.27. The number of anilines is 1. The second kappa shape index (κ2) is 8.00. The van der Waals surface area contributed by atoms with Gasteiger partial charge in [-0.2, -0.15) is 0 Å². The number of quaternary nitrogens is 1. The number of carbonyl (C=O) groups excluding carboxylic acids is 2. The molecule has 0 aliphatic carbocycles. The molecule has 0 radical (unpaired) electrons. The zero-order valence-electron chi connectivity index (χ0n) is 16.8. The molecule has 6 nitrogen and oxygen atoms in total. The Hall–Kier alpha value is -2.87. The third kappa shape index (κ3) is 3.92. The predicted molar refractivity (Wildman–Crippen MR) is 120 cm³/mol. The fourth-order valence-corrected chi connectivity index (χ4v) is 5.49. The van der Waals surface area contributed by atoms with E-state index in [4.69, 9.17) is 16.3 Å². The largest absolute Gasteiger partial charge is 0.423 e. The molecule has 3 aromatic rings. The van der Waals surface area contributed by atoms with E-state index in [-0.39, 0.29) is 12.1 Å². The first-order valence-electron chi connectivity index (χ1n) is 10.1. The molecule has 2 aromatic carbocycles. The maximum absolute atomic E-state index is 12.8. The number of hydrogen-bond donors (Lipinski definition) is 3. The van der Waals surface area contributed by atoms with Crippen molar-refractivity contribution in [2.45, 2.75) is 19.1 Å². The minimum absolute atomic E-state index is 0.0333. The second-order valence-corrected chi connectivity index (χ2v) is 9.40. The molecule has 0 saturated heterocycles. The molecule has 2 aliphatic heterocycles. The lowest BCUT2D eigenvalue weighted by molar-refractivity contribution is -0.895. The minimum Gasteiger partial charge on any atom is -0.423 e. The van der Waals surface area contributed by atoms with Gasteiger partial charge in [-0.15, -0.1) is 11.3 Å². The molecule has 0 fully saturated rings. The molecule has 1 amide bonds. The molecule has 5 rings (SSSR count). The molecule has 0 bridgehead atoms. The molecule has 0 spiro atoms. The van der Waals surface area contributed by atoms with Crippen molar-refractivity contribution in [1.29, 1.82) is 0 Å². The molecule has 0 saturated carbocycles. The van der Waals surface area contributed by atoms with Crippen molar-refractivity contribution < 1.29 is 19.2 Å². The van der Waals surface area contributed by atoms with Crippen LogP contribution >= 0.6 is 22.9 Å². The second-order valence-electron chi connectivity index (χ2n) is 7.86. The summed E-state index contributed by atoms with van der Waals surface area (Å²) in [7, 11) is 2.18. The van der Waals surface area contributed by atoms with E-state index in [0.717, 1.165) is 35.6 Å². The number of hydrogen-bond acceptors (Lipinski definition) is 5. The van der Waals surface area contributed by atoms with E-state index < -0.39 is 5.97 Å². The van der Waals surface area contributed by atoms with Crippen LogP contribution in [0.15, 0.2) is 48.5 Å². The number of nitrogens with one attached hydrogen (secondary N) is 3. The van der Waals surface area contributed by atoms with Gasteiger partial charge in [0, 0.05) is 11.4 Å². The van der Waals surface area contributed by atoms with Crippen LogP contribution in [-0.2, 0) is 13.0 Å². The van der Waals surface area contributed by atoms with Crippen LogP contribution in [0.25, 0.3) is 0 Å². The molecule has 2 atom stereocenters. The number of amides is 1. The first-order chi connectivity index (χ1) is 15.0. The fourth-order valence-electron chi connectivity index (χ4n) is 3.98. The Morgan fingerprint density at radius 1 is 1.13 bits per heavy atom. The number of esters is 1. The predicted octanol–water partition coefficient (Wildman–Crippen LogP) is 3.05. The summed E-state index contributed by atoms with van der Waals surface area (Å²) in [6.07, 6.45) is 0.603. The number of benzene rings is 2. The minimum atomic E-state index is -0.450. The maximum Gasteiger partial charge on any atom is 0.343 e. The van der Waals surface area contributed by atoms with Gasteiger partial charge in [0.05, 0.1) is 29.6 Å². The molecule has 158 valence electrons. The quantitative estimate of drug-likeness (QED) is 0.420. The molecule has 8 heteroatoms. The normalized spacial score (nSPS) is 19.6. The average molecular weight is 455 g/mol. The Labute approximate surface area is 188 Å². The number of halogens is 1. The Morgan fingerprint density at radius 3 is 2.61 bits per heavy atom. The van der Waals surface area contributed by atoms with Gasteiger partial charge in [0.25, 0.3) is 5.91 Å². The average Bonchev–Trinajstić information content (AvgIpc) is 3.12. The highest BCUT2D eigenvalue weighted by molar-refractivity contribution is 7.16. The van der Waals surface area contributed by atoms with E-state index in [9.17, 15) is 9.59 Å². The highest BCUT2D eigenvalue weighted by atomic mass is 35.5. The Balaban J connectivity index is 1.31. The van der Waals surface area contributed by atoms with Gasteiger partial charge in [-0.3, -0.25) is 4.79 Å². The van der Waals surface area contributed by atoms with Crippen LogP contribution in [0.5, 0.6) is 5.75 Å². The van der Waals surface area contributed by atoms with Crippen LogP contribution in [-0.4, -0.2) is 25.5 Å². The number of rotatable bonds is 3. The van der Waals surface area contributed by atoms with Gasteiger partial charge in [-0.05, 0) is 47.5 Å². The van der Waals surface area contributed by atoms with E-state index in [0.29, 0.717) is 16.3 Å². The van der Waals surface area contributed by atoms with Crippen molar-refractivity contribution in [3.8, 4) is 5.75 Å². The standard InChI is InChI=1S/C23H20ClN3O3S/c1-27-11-10-17-18(12-27)31-22-19(17)21(28)25-20(26-22)13-4-8-16(9-5-13)30-23(29)14-2-6-15(24)7-3-14/h2-9,20,26H,10-12H2,1H3,(H,25,28)/p+1. The number of carbonyl (C=O) groups is 2. The summed E-state index contributed by atoms with van der Waals surface area (Å²) in [5.74, 6) is -0.0485. The van der Waals surface area contributed by atoms with Crippen molar-refractivity contribution in [2.75, 3.05) is 18.9 Å². The summed E-state index contributed by atoms with van der Waals surface area (Å²) in [6, 6.07) is 13.7. The van der Waals surface area contributed by atoms with Gasteiger partial charge in [0.15, 0.2) is 0 Å².